The van der Waals surface area contributed by atoms with E-state index in [2.05, 4.69) is 4.72 Å². The van der Waals surface area contributed by atoms with Crippen molar-refractivity contribution in [2.45, 2.75) is 23.8 Å². The first-order valence-corrected chi connectivity index (χ1v) is 7.47. The molecule has 6 nitrogen and oxygen atoms in total. The van der Waals surface area contributed by atoms with E-state index >= 15 is 0 Å². The number of carbonyl (C=O) groups is 1. The summed E-state index contributed by atoms with van der Waals surface area (Å²) in [7, 11) is -2.10. The number of carboxylic acids is 1. The zero-order valence-electron chi connectivity index (χ0n) is 10.5. The number of sulfonamides is 1. The van der Waals surface area contributed by atoms with Gasteiger partial charge < -0.3 is 10.0 Å². The van der Waals surface area contributed by atoms with Crippen molar-refractivity contribution < 1.29 is 18.3 Å². The Hall–Kier alpha value is -1.60. The van der Waals surface area contributed by atoms with E-state index < -0.39 is 22.0 Å². The Morgan fingerprint density at radius 2 is 2.00 bits per heavy atom. The lowest BCUT2D eigenvalue weighted by atomic mass is 10.2. The van der Waals surface area contributed by atoms with Crippen LogP contribution in [0.25, 0.3) is 0 Å². The summed E-state index contributed by atoms with van der Waals surface area (Å²) in [5, 5.41) is 9.12. The number of aliphatic carboxylic acids is 1. The second-order valence-corrected chi connectivity index (χ2v) is 6.28. The third-order valence-corrected chi connectivity index (χ3v) is 4.72. The number of anilines is 1. The molecule has 1 aliphatic heterocycles. The van der Waals surface area contributed by atoms with Crippen molar-refractivity contribution in [2.24, 2.45) is 0 Å². The normalized spacial score (nSPS) is 19.6. The maximum Gasteiger partial charge on any atom is 0.326 e. The topological polar surface area (TPSA) is 86.7 Å². The van der Waals surface area contributed by atoms with Crippen LogP contribution in [0.1, 0.15) is 12.8 Å². The van der Waals surface area contributed by atoms with Crippen LogP contribution in [0.2, 0.25) is 0 Å². The molecule has 104 valence electrons. The van der Waals surface area contributed by atoms with Crippen molar-refractivity contribution >= 4 is 21.7 Å². The van der Waals surface area contributed by atoms with Crippen molar-refractivity contribution in [1.29, 1.82) is 0 Å². The maximum atomic E-state index is 11.6. The Kier molecular flexibility index (Phi) is 3.77. The van der Waals surface area contributed by atoms with Gasteiger partial charge in [-0.05, 0) is 44.2 Å². The minimum absolute atomic E-state index is 0.171. The molecule has 1 aromatic rings. The largest absolute Gasteiger partial charge is 0.480 e. The molecule has 2 N–H and O–H groups in total. The van der Waals surface area contributed by atoms with E-state index in [1.54, 1.807) is 17.0 Å². The highest BCUT2D eigenvalue weighted by Crippen LogP contribution is 2.26. The van der Waals surface area contributed by atoms with E-state index in [-0.39, 0.29) is 4.90 Å². The minimum atomic E-state index is -3.45. The Morgan fingerprint density at radius 1 is 1.37 bits per heavy atom. The highest BCUT2D eigenvalue weighted by molar-refractivity contribution is 7.89. The molecular formula is C12H16N2O4S. The summed E-state index contributed by atoms with van der Waals surface area (Å²) in [6, 6.07) is 5.74. The van der Waals surface area contributed by atoms with Crippen LogP contribution in [0.4, 0.5) is 5.69 Å². The number of rotatable bonds is 4. The number of nitrogens with zero attached hydrogens (tertiary/aromatic N) is 1. The molecule has 0 radical (unpaired) electrons. The van der Waals surface area contributed by atoms with Crippen molar-refractivity contribution in [3.05, 3.63) is 24.3 Å². The molecule has 7 heteroatoms. The first-order valence-electron chi connectivity index (χ1n) is 5.99. The molecule has 0 amide bonds. The summed E-state index contributed by atoms with van der Waals surface area (Å²) < 4.78 is 25.4. The van der Waals surface area contributed by atoms with Gasteiger partial charge in [0.2, 0.25) is 10.0 Å². The standard InChI is InChI=1S/C12H16N2O4S/c1-13-19(17,18)10-6-4-9(5-7-10)14-8-2-3-11(14)12(15)16/h4-7,11,13H,2-3,8H2,1H3,(H,15,16). The fourth-order valence-corrected chi connectivity index (χ4v) is 3.00. The van der Waals surface area contributed by atoms with Crippen LogP contribution in [0.5, 0.6) is 0 Å². The molecule has 1 atom stereocenters. The lowest BCUT2D eigenvalue weighted by molar-refractivity contribution is -0.138. The van der Waals surface area contributed by atoms with Crippen LogP contribution >= 0.6 is 0 Å². The fourth-order valence-electron chi connectivity index (χ4n) is 2.27. The molecule has 0 spiro atoms. The third kappa shape index (κ3) is 2.71. The average molecular weight is 284 g/mol. The summed E-state index contributed by atoms with van der Waals surface area (Å²) in [6.07, 6.45) is 1.44. The summed E-state index contributed by atoms with van der Waals surface area (Å²) in [6.45, 7) is 0.676. The molecule has 0 aliphatic carbocycles. The summed E-state index contributed by atoms with van der Waals surface area (Å²) in [5.41, 5.74) is 0.736. The van der Waals surface area contributed by atoms with Crippen LogP contribution in [0, 0.1) is 0 Å². The molecule has 1 aliphatic rings. The van der Waals surface area contributed by atoms with E-state index in [4.69, 9.17) is 5.11 Å². The summed E-state index contributed by atoms with van der Waals surface area (Å²) >= 11 is 0. The highest BCUT2D eigenvalue weighted by Gasteiger charge is 2.30. The van der Waals surface area contributed by atoms with Crippen molar-refractivity contribution in [3.8, 4) is 0 Å². The van der Waals surface area contributed by atoms with E-state index in [9.17, 15) is 13.2 Å². The Bertz CT molecular complexity index is 568. The molecular weight excluding hydrogens is 268 g/mol. The number of nitrogens with one attached hydrogen (secondary N) is 1. The smallest absolute Gasteiger partial charge is 0.326 e. The van der Waals surface area contributed by atoms with E-state index in [0.29, 0.717) is 13.0 Å². The molecule has 2 rings (SSSR count). The van der Waals surface area contributed by atoms with Crippen molar-refractivity contribution in [3.63, 3.8) is 0 Å². The van der Waals surface area contributed by atoms with Gasteiger partial charge in [-0.25, -0.2) is 17.9 Å². The Morgan fingerprint density at radius 3 is 2.53 bits per heavy atom. The van der Waals surface area contributed by atoms with Gasteiger partial charge in [0, 0.05) is 12.2 Å². The van der Waals surface area contributed by atoms with Crippen LogP contribution < -0.4 is 9.62 Å². The van der Waals surface area contributed by atoms with Crippen LogP contribution in [0.15, 0.2) is 29.2 Å². The lowest BCUT2D eigenvalue weighted by Gasteiger charge is -2.23. The third-order valence-electron chi connectivity index (χ3n) is 3.29. The SMILES string of the molecule is CNS(=O)(=O)c1ccc(N2CCCC2C(=O)O)cc1. The molecule has 1 aromatic carbocycles. The lowest BCUT2D eigenvalue weighted by Crippen LogP contribution is -2.35. The zero-order valence-corrected chi connectivity index (χ0v) is 11.4. The quantitative estimate of drug-likeness (QED) is 0.847. The van der Waals surface area contributed by atoms with Gasteiger partial charge in [0.25, 0.3) is 0 Å². The van der Waals surface area contributed by atoms with Gasteiger partial charge in [-0.1, -0.05) is 0 Å². The molecule has 0 bridgehead atoms. The maximum absolute atomic E-state index is 11.6. The molecule has 1 saturated heterocycles. The molecule has 1 fully saturated rings. The summed E-state index contributed by atoms with van der Waals surface area (Å²) in [5.74, 6) is -0.843. The van der Waals surface area contributed by atoms with Gasteiger partial charge in [0.15, 0.2) is 0 Å². The van der Waals surface area contributed by atoms with Crippen LogP contribution in [0.3, 0.4) is 0 Å². The van der Waals surface area contributed by atoms with Gasteiger partial charge in [-0.3, -0.25) is 0 Å². The second kappa shape index (κ2) is 5.18. The van der Waals surface area contributed by atoms with Crippen molar-refractivity contribution in [1.82, 2.24) is 4.72 Å². The Balaban J connectivity index is 2.26. The second-order valence-electron chi connectivity index (χ2n) is 4.39. The monoisotopic (exact) mass is 284 g/mol. The van der Waals surface area contributed by atoms with Gasteiger partial charge >= 0.3 is 5.97 Å². The zero-order chi connectivity index (χ0) is 14.0. The molecule has 1 heterocycles. The van der Waals surface area contributed by atoms with Crippen LogP contribution in [-0.4, -0.2) is 39.1 Å². The highest BCUT2D eigenvalue weighted by atomic mass is 32.2. The van der Waals surface area contributed by atoms with Crippen molar-refractivity contribution in [2.75, 3.05) is 18.5 Å². The van der Waals surface area contributed by atoms with Gasteiger partial charge in [-0.15, -0.1) is 0 Å². The molecule has 0 saturated carbocycles. The number of hydrogen-bond donors (Lipinski definition) is 2. The van der Waals surface area contributed by atoms with E-state index in [0.717, 1.165) is 12.1 Å². The number of benzene rings is 1. The van der Waals surface area contributed by atoms with Gasteiger partial charge in [0.05, 0.1) is 4.90 Å². The van der Waals surface area contributed by atoms with E-state index in [1.807, 2.05) is 0 Å². The number of hydrogen-bond acceptors (Lipinski definition) is 4. The average Bonchev–Trinajstić information content (AvgIpc) is 2.88. The summed E-state index contributed by atoms with van der Waals surface area (Å²) in [4.78, 5) is 13.1. The van der Waals surface area contributed by atoms with Gasteiger partial charge in [-0.2, -0.15) is 0 Å². The Labute approximate surface area is 112 Å². The fraction of sp³-hybridized carbons (Fsp3) is 0.417. The molecule has 19 heavy (non-hydrogen) atoms. The van der Waals surface area contributed by atoms with E-state index in [1.165, 1.54) is 19.2 Å². The van der Waals surface area contributed by atoms with Crippen LogP contribution in [-0.2, 0) is 14.8 Å². The first kappa shape index (κ1) is 13.8. The molecule has 1 unspecified atom stereocenters. The first-order chi connectivity index (χ1) is 8.95. The molecule has 0 aromatic heterocycles. The predicted octanol–water partition coefficient (Wildman–Crippen LogP) is 0.648. The minimum Gasteiger partial charge on any atom is -0.480 e. The number of carboxylic acid groups (broad SMARTS) is 1. The predicted molar refractivity (Wildman–Crippen MR) is 70.7 cm³/mol. The van der Waals surface area contributed by atoms with Gasteiger partial charge in [0.1, 0.15) is 6.04 Å².